The summed E-state index contributed by atoms with van der Waals surface area (Å²) in [6.07, 6.45) is 1.07. The molecule has 0 aromatic heterocycles. The van der Waals surface area contributed by atoms with Crippen molar-refractivity contribution in [2.24, 2.45) is 0 Å². The Morgan fingerprint density at radius 2 is 2.12 bits per heavy atom. The van der Waals surface area contributed by atoms with Crippen molar-refractivity contribution < 1.29 is 4.43 Å². The van der Waals surface area contributed by atoms with Gasteiger partial charge in [0, 0.05) is 6.61 Å². The van der Waals surface area contributed by atoms with E-state index >= 15 is 0 Å². The fourth-order valence-corrected chi connectivity index (χ4v) is 1.18. The lowest BCUT2D eigenvalue weighted by molar-refractivity contribution is 0.330. The molecule has 0 aliphatic carbocycles. The van der Waals surface area contributed by atoms with Crippen LogP contribution in [-0.2, 0) is 4.43 Å². The first-order valence-corrected chi connectivity index (χ1v) is 5.58. The highest BCUT2D eigenvalue weighted by atomic mass is 35.6. The molecule has 1 nitrogen and oxygen atoms in total. The minimum atomic E-state index is -0.919. The van der Waals surface area contributed by atoms with E-state index in [0.29, 0.717) is 0 Å². The van der Waals surface area contributed by atoms with E-state index in [2.05, 4.69) is 13.8 Å². The molecule has 0 bridgehead atoms. The molecule has 0 atom stereocenters. The average molecular weight is 152 g/mol. The van der Waals surface area contributed by atoms with E-state index in [1.54, 1.807) is 0 Å². The molecule has 1 radical (unpaired) electrons. The van der Waals surface area contributed by atoms with Crippen LogP contribution in [0.5, 0.6) is 0 Å². The van der Waals surface area contributed by atoms with Crippen molar-refractivity contribution in [2.45, 2.75) is 26.3 Å². The molecule has 0 saturated heterocycles. The minimum Gasteiger partial charge on any atom is -0.403 e. The molecule has 8 heavy (non-hydrogen) atoms. The lowest BCUT2D eigenvalue weighted by atomic mass is 10.5. The van der Waals surface area contributed by atoms with Gasteiger partial charge in [-0.3, -0.25) is 0 Å². The molecule has 0 N–H and O–H groups in total. The van der Waals surface area contributed by atoms with Crippen LogP contribution < -0.4 is 0 Å². The Morgan fingerprint density at radius 1 is 1.50 bits per heavy atom. The third kappa shape index (κ3) is 4.62. The van der Waals surface area contributed by atoms with Gasteiger partial charge in [0.2, 0.25) is 0 Å². The molecule has 0 fully saturated rings. The predicted octanol–water partition coefficient (Wildman–Crippen LogP) is 2.16. The van der Waals surface area contributed by atoms with E-state index in [9.17, 15) is 0 Å². The molecule has 0 aromatic rings. The molecule has 49 valence electrons. The summed E-state index contributed by atoms with van der Waals surface area (Å²) in [5, 5.41) is 0. The highest BCUT2D eigenvalue weighted by molar-refractivity contribution is 7.03. The molecule has 0 unspecified atom stereocenters. The van der Waals surface area contributed by atoms with Crippen molar-refractivity contribution in [3.05, 3.63) is 0 Å². The Morgan fingerprint density at radius 3 is 2.50 bits per heavy atom. The third-order valence-electron chi connectivity index (χ3n) is 0.741. The Bertz CT molecular complexity index is 51.7. The van der Waals surface area contributed by atoms with Gasteiger partial charge in [-0.25, -0.2) is 0 Å². The lowest BCUT2D eigenvalue weighted by Crippen LogP contribution is -2.08. The number of hydrogen-bond acceptors (Lipinski definition) is 1. The zero-order valence-electron chi connectivity index (χ0n) is 5.41. The molecule has 0 rings (SSSR count). The van der Waals surface area contributed by atoms with Crippen LogP contribution in [0, 0.1) is 0 Å². The average Bonchev–Trinajstić information content (AvgIpc) is 1.83. The second kappa shape index (κ2) is 5.60. The van der Waals surface area contributed by atoms with Crippen LogP contribution in [0.1, 0.15) is 20.3 Å². The molecule has 0 aromatic carbocycles. The smallest absolute Gasteiger partial charge is 0.322 e. The minimum absolute atomic E-state index is 0.825. The van der Waals surface area contributed by atoms with Gasteiger partial charge >= 0.3 is 8.35 Å². The Kier molecular flexibility index (Phi) is 5.93. The maximum Gasteiger partial charge on any atom is 0.322 e. The molecule has 0 aliphatic heterocycles. The number of hydrogen-bond donors (Lipinski definition) is 0. The highest BCUT2D eigenvalue weighted by Gasteiger charge is 2.02. The Labute approximate surface area is 57.4 Å². The van der Waals surface area contributed by atoms with Gasteiger partial charge in [0.1, 0.15) is 0 Å². The summed E-state index contributed by atoms with van der Waals surface area (Å²) in [6.45, 7) is 4.96. The quantitative estimate of drug-likeness (QED) is 0.442. The normalized spacial score (nSPS) is 10.5. The van der Waals surface area contributed by atoms with Gasteiger partial charge in [0.05, 0.1) is 0 Å². The SMILES string of the molecule is CCCO[Si](Cl)CC. The van der Waals surface area contributed by atoms with E-state index < -0.39 is 8.35 Å². The van der Waals surface area contributed by atoms with E-state index in [0.717, 1.165) is 19.1 Å². The van der Waals surface area contributed by atoms with Crippen LogP contribution in [0.15, 0.2) is 0 Å². The van der Waals surface area contributed by atoms with Crippen molar-refractivity contribution >= 4 is 19.4 Å². The number of halogens is 1. The van der Waals surface area contributed by atoms with Crippen LogP contribution in [0.3, 0.4) is 0 Å². The second-order valence-electron chi connectivity index (χ2n) is 1.56. The topological polar surface area (TPSA) is 9.23 Å². The first-order chi connectivity index (χ1) is 3.81. The summed E-state index contributed by atoms with van der Waals surface area (Å²) < 4.78 is 5.21. The predicted molar refractivity (Wildman–Crippen MR) is 38.3 cm³/mol. The van der Waals surface area contributed by atoms with Crippen LogP contribution in [0.4, 0.5) is 0 Å². The molecular formula is C5H12ClOSi. The van der Waals surface area contributed by atoms with Crippen LogP contribution in [-0.4, -0.2) is 15.0 Å². The summed E-state index contributed by atoms with van der Waals surface area (Å²) in [4.78, 5) is 0. The molecule has 0 aliphatic rings. The van der Waals surface area contributed by atoms with Crippen LogP contribution in [0.25, 0.3) is 0 Å². The van der Waals surface area contributed by atoms with Gasteiger partial charge in [-0.05, 0) is 12.5 Å². The van der Waals surface area contributed by atoms with E-state index in [4.69, 9.17) is 15.5 Å². The highest BCUT2D eigenvalue weighted by Crippen LogP contribution is 1.98. The van der Waals surface area contributed by atoms with Gasteiger partial charge in [-0.2, -0.15) is 0 Å². The van der Waals surface area contributed by atoms with Crippen molar-refractivity contribution in [1.82, 2.24) is 0 Å². The second-order valence-corrected chi connectivity index (χ2v) is 4.53. The summed E-state index contributed by atoms with van der Waals surface area (Å²) in [6, 6.07) is 0.992. The largest absolute Gasteiger partial charge is 0.403 e. The Balaban J connectivity index is 2.86. The zero-order valence-corrected chi connectivity index (χ0v) is 7.16. The van der Waals surface area contributed by atoms with Gasteiger partial charge in [0.25, 0.3) is 0 Å². The lowest BCUT2D eigenvalue weighted by Gasteiger charge is -2.01. The van der Waals surface area contributed by atoms with Gasteiger partial charge in [-0.15, -0.1) is 11.1 Å². The van der Waals surface area contributed by atoms with Crippen molar-refractivity contribution in [3.63, 3.8) is 0 Å². The molecular weight excluding hydrogens is 140 g/mol. The van der Waals surface area contributed by atoms with Gasteiger partial charge < -0.3 is 4.43 Å². The molecule has 0 saturated carbocycles. The van der Waals surface area contributed by atoms with E-state index in [1.807, 2.05) is 0 Å². The molecule has 0 amide bonds. The summed E-state index contributed by atoms with van der Waals surface area (Å²) >= 11 is 5.72. The van der Waals surface area contributed by atoms with Crippen LogP contribution in [0.2, 0.25) is 6.04 Å². The van der Waals surface area contributed by atoms with Crippen molar-refractivity contribution in [2.75, 3.05) is 6.61 Å². The summed E-state index contributed by atoms with van der Waals surface area (Å²) in [5.74, 6) is 0. The molecule has 0 heterocycles. The first-order valence-electron chi connectivity index (χ1n) is 2.95. The van der Waals surface area contributed by atoms with E-state index in [-0.39, 0.29) is 0 Å². The third-order valence-corrected chi connectivity index (χ3v) is 2.94. The van der Waals surface area contributed by atoms with Gasteiger partial charge in [-0.1, -0.05) is 13.8 Å². The number of rotatable bonds is 4. The van der Waals surface area contributed by atoms with E-state index in [1.165, 1.54) is 0 Å². The maximum absolute atomic E-state index is 5.72. The standard InChI is InChI=1S/C5H12ClOSi/c1-3-5-7-8(6)4-2/h3-5H2,1-2H3. The fraction of sp³-hybridized carbons (Fsp3) is 1.00. The monoisotopic (exact) mass is 151 g/mol. The molecule has 3 heteroatoms. The van der Waals surface area contributed by atoms with Crippen molar-refractivity contribution in [1.29, 1.82) is 0 Å². The van der Waals surface area contributed by atoms with Gasteiger partial charge in [0.15, 0.2) is 0 Å². The van der Waals surface area contributed by atoms with Crippen molar-refractivity contribution in [3.8, 4) is 0 Å². The summed E-state index contributed by atoms with van der Waals surface area (Å²) in [5.41, 5.74) is 0. The molecule has 0 spiro atoms. The summed E-state index contributed by atoms with van der Waals surface area (Å²) in [7, 11) is -0.919. The van der Waals surface area contributed by atoms with Crippen LogP contribution >= 0.6 is 11.1 Å². The Hall–Kier alpha value is 0.467. The maximum atomic E-state index is 5.72. The first kappa shape index (κ1) is 8.47. The fourth-order valence-electron chi connectivity index (χ4n) is 0.315. The zero-order chi connectivity index (χ0) is 6.41.